The van der Waals surface area contributed by atoms with Crippen LogP contribution in [-0.4, -0.2) is 20.2 Å². The second-order valence-corrected chi connectivity index (χ2v) is 5.92. The fraction of sp³-hybridized carbons (Fsp3) is 0.0435. The van der Waals surface area contributed by atoms with Gasteiger partial charge in [-0.1, -0.05) is 60.7 Å². The van der Waals surface area contributed by atoms with Crippen LogP contribution in [0.4, 0.5) is 0 Å². The van der Waals surface area contributed by atoms with Crippen LogP contribution in [0.2, 0.25) is 0 Å². The SMILES string of the molecule is Cc1ccc(O)c(-c2ncccc2O)n1.Cl.[Ru+3].c1ccc(-c2ccccc2)cc1. The maximum absolute atomic E-state index is 9.60. The van der Waals surface area contributed by atoms with Crippen LogP contribution in [0, 0.1) is 6.92 Å². The zero-order valence-corrected chi connectivity index (χ0v) is 18.3. The molecule has 0 unspecified atom stereocenters. The molecule has 2 aromatic carbocycles. The Bertz CT molecular complexity index is 978. The quantitative estimate of drug-likeness (QED) is 0.355. The van der Waals surface area contributed by atoms with Gasteiger partial charge in [-0.05, 0) is 42.3 Å². The maximum Gasteiger partial charge on any atom is 3.00 e. The van der Waals surface area contributed by atoms with Gasteiger partial charge in [0.15, 0.2) is 0 Å². The number of nitrogens with zero attached hydrogens (tertiary/aromatic N) is 2. The number of aromatic nitrogens is 2. The predicted molar refractivity (Wildman–Crippen MR) is 115 cm³/mol. The fourth-order valence-electron chi connectivity index (χ4n) is 2.56. The summed E-state index contributed by atoms with van der Waals surface area (Å²) in [6.07, 6.45) is 1.54. The molecule has 147 valence electrons. The molecule has 0 amide bonds. The summed E-state index contributed by atoms with van der Waals surface area (Å²) in [6, 6.07) is 27.1. The molecule has 0 saturated carbocycles. The standard InChI is InChI=1S/C12H10.C11H10N2O2.ClH.Ru/c1-3-7-11(8-4-1)12-9-5-2-6-10-12;1-7-4-5-9(15)11(13-7)10-8(14)3-2-6-12-10;;/h1-10H;2-6,14-15H,1H3;1H;/q;;;+3. The van der Waals surface area contributed by atoms with E-state index in [9.17, 15) is 10.2 Å². The van der Waals surface area contributed by atoms with Crippen molar-refractivity contribution in [1.29, 1.82) is 0 Å². The molecule has 2 N–H and O–H groups in total. The molecule has 0 spiro atoms. The van der Waals surface area contributed by atoms with Crippen LogP contribution in [0.5, 0.6) is 11.5 Å². The van der Waals surface area contributed by atoms with Crippen molar-refractivity contribution in [2.24, 2.45) is 0 Å². The number of aromatic hydroxyl groups is 2. The smallest absolute Gasteiger partial charge is 0.506 e. The van der Waals surface area contributed by atoms with Gasteiger partial charge in [0, 0.05) is 11.9 Å². The third kappa shape index (κ3) is 6.67. The van der Waals surface area contributed by atoms with Gasteiger partial charge < -0.3 is 10.2 Å². The Hall–Kier alpha value is -2.75. The topological polar surface area (TPSA) is 66.2 Å². The molecule has 0 atom stereocenters. The first kappa shape index (κ1) is 24.3. The van der Waals surface area contributed by atoms with Gasteiger partial charge in [-0.15, -0.1) is 12.4 Å². The second kappa shape index (κ2) is 12.0. The van der Waals surface area contributed by atoms with E-state index in [-0.39, 0.29) is 43.4 Å². The van der Waals surface area contributed by atoms with E-state index in [0.717, 1.165) is 5.69 Å². The van der Waals surface area contributed by atoms with Crippen LogP contribution in [0.1, 0.15) is 5.69 Å². The zero-order chi connectivity index (χ0) is 19.1. The molecule has 1 radical (unpaired) electrons. The Morgan fingerprint density at radius 3 is 1.66 bits per heavy atom. The Kier molecular flexibility index (Phi) is 10.0. The zero-order valence-electron chi connectivity index (χ0n) is 15.7. The molecule has 29 heavy (non-hydrogen) atoms. The van der Waals surface area contributed by atoms with Crippen LogP contribution < -0.4 is 0 Å². The van der Waals surface area contributed by atoms with E-state index in [1.54, 1.807) is 18.3 Å². The number of rotatable bonds is 2. The molecule has 0 aliphatic heterocycles. The van der Waals surface area contributed by atoms with Gasteiger partial charge >= 0.3 is 19.5 Å². The average molecular weight is 494 g/mol. The van der Waals surface area contributed by atoms with Gasteiger partial charge in [-0.3, -0.25) is 4.98 Å². The first-order valence-corrected chi connectivity index (χ1v) is 8.56. The molecule has 0 aliphatic carbocycles. The number of pyridine rings is 2. The van der Waals surface area contributed by atoms with E-state index < -0.39 is 0 Å². The van der Waals surface area contributed by atoms with Gasteiger partial charge in [0.05, 0.1) is 0 Å². The van der Waals surface area contributed by atoms with Crippen molar-refractivity contribution >= 4 is 12.4 Å². The summed E-state index contributed by atoms with van der Waals surface area (Å²) < 4.78 is 0. The third-order valence-electron chi connectivity index (χ3n) is 3.90. The van der Waals surface area contributed by atoms with Crippen LogP contribution in [0.15, 0.2) is 91.1 Å². The van der Waals surface area contributed by atoms with E-state index in [0.29, 0.717) is 11.4 Å². The van der Waals surface area contributed by atoms with Crippen molar-refractivity contribution in [2.45, 2.75) is 6.92 Å². The summed E-state index contributed by atoms with van der Waals surface area (Å²) in [5.41, 5.74) is 3.90. The Balaban J connectivity index is 0.000000277. The van der Waals surface area contributed by atoms with Crippen LogP contribution in [-0.2, 0) is 19.5 Å². The molecule has 0 bridgehead atoms. The van der Waals surface area contributed by atoms with Crippen LogP contribution >= 0.6 is 12.4 Å². The van der Waals surface area contributed by atoms with Crippen molar-refractivity contribution < 1.29 is 29.7 Å². The van der Waals surface area contributed by atoms with E-state index in [2.05, 4.69) is 58.5 Å². The minimum atomic E-state index is 0. The van der Waals surface area contributed by atoms with Crippen molar-refractivity contribution in [3.8, 4) is 34.0 Å². The number of hydrogen-bond acceptors (Lipinski definition) is 4. The predicted octanol–water partition coefficient (Wildman–Crippen LogP) is 5.64. The molecule has 2 heterocycles. The molecule has 4 rings (SSSR count). The maximum atomic E-state index is 9.60. The molecule has 0 saturated heterocycles. The third-order valence-corrected chi connectivity index (χ3v) is 3.90. The number of benzene rings is 2. The van der Waals surface area contributed by atoms with Gasteiger partial charge in [-0.25, -0.2) is 4.98 Å². The van der Waals surface area contributed by atoms with Crippen molar-refractivity contribution in [2.75, 3.05) is 0 Å². The minimum Gasteiger partial charge on any atom is -0.506 e. The summed E-state index contributed by atoms with van der Waals surface area (Å²) >= 11 is 0. The monoisotopic (exact) mass is 494 g/mol. The minimum absolute atomic E-state index is 0. The van der Waals surface area contributed by atoms with E-state index in [4.69, 9.17) is 0 Å². The van der Waals surface area contributed by atoms with E-state index >= 15 is 0 Å². The molecule has 4 nitrogen and oxygen atoms in total. The summed E-state index contributed by atoms with van der Waals surface area (Å²) in [6.45, 7) is 1.81. The van der Waals surface area contributed by atoms with Crippen molar-refractivity contribution in [1.82, 2.24) is 9.97 Å². The molecule has 6 heteroatoms. The van der Waals surface area contributed by atoms with E-state index in [1.807, 2.05) is 19.1 Å². The Morgan fingerprint density at radius 2 is 1.14 bits per heavy atom. The Morgan fingerprint density at radius 1 is 0.621 bits per heavy atom. The van der Waals surface area contributed by atoms with Crippen molar-refractivity contribution in [3.05, 3.63) is 96.8 Å². The summed E-state index contributed by atoms with van der Waals surface area (Å²) in [7, 11) is 0. The Labute approximate surface area is 189 Å². The summed E-state index contributed by atoms with van der Waals surface area (Å²) in [4.78, 5) is 8.11. The largest absolute Gasteiger partial charge is 3.00 e. The molecule has 4 aromatic rings. The molecular weight excluding hydrogens is 473 g/mol. The van der Waals surface area contributed by atoms with Crippen molar-refractivity contribution in [3.63, 3.8) is 0 Å². The molecule has 0 fully saturated rings. The normalized spacial score (nSPS) is 9.28. The average Bonchev–Trinajstić information content (AvgIpc) is 2.72. The molecular formula is C23H21ClN2O2Ru+3. The molecule has 0 aliphatic rings. The van der Waals surface area contributed by atoms with Crippen LogP contribution in [0.3, 0.4) is 0 Å². The summed E-state index contributed by atoms with van der Waals surface area (Å²) in [5.74, 6) is 0.0144. The van der Waals surface area contributed by atoms with Gasteiger partial charge in [-0.2, -0.15) is 0 Å². The number of aryl methyl sites for hydroxylation is 1. The fourth-order valence-corrected chi connectivity index (χ4v) is 2.56. The van der Waals surface area contributed by atoms with Gasteiger partial charge in [0.2, 0.25) is 0 Å². The number of halogens is 1. The van der Waals surface area contributed by atoms with Gasteiger partial charge in [0.1, 0.15) is 22.9 Å². The van der Waals surface area contributed by atoms with Crippen LogP contribution in [0.25, 0.3) is 22.5 Å². The van der Waals surface area contributed by atoms with Gasteiger partial charge in [0.25, 0.3) is 0 Å². The number of hydrogen-bond donors (Lipinski definition) is 2. The second-order valence-electron chi connectivity index (χ2n) is 5.92. The van der Waals surface area contributed by atoms with E-state index in [1.165, 1.54) is 23.3 Å². The first-order valence-electron chi connectivity index (χ1n) is 8.56. The first-order chi connectivity index (χ1) is 13.1. The molecule has 2 aromatic heterocycles. The summed E-state index contributed by atoms with van der Waals surface area (Å²) in [5, 5.41) is 19.2.